The Morgan fingerprint density at radius 1 is 1.32 bits per heavy atom. The zero-order valence-corrected chi connectivity index (χ0v) is 13.0. The number of nitrogens with one attached hydrogen (secondary N) is 1. The Balaban J connectivity index is 1.52. The van der Waals surface area contributed by atoms with Crippen molar-refractivity contribution in [2.75, 3.05) is 38.0 Å². The first-order valence-electron chi connectivity index (χ1n) is 7.95. The van der Waals surface area contributed by atoms with Crippen molar-refractivity contribution >= 4 is 17.6 Å². The van der Waals surface area contributed by atoms with Crippen molar-refractivity contribution in [3.8, 4) is 0 Å². The van der Waals surface area contributed by atoms with E-state index < -0.39 is 0 Å². The summed E-state index contributed by atoms with van der Waals surface area (Å²) in [7, 11) is 0. The summed E-state index contributed by atoms with van der Waals surface area (Å²) in [4.78, 5) is 27.4. The van der Waals surface area contributed by atoms with Crippen molar-refractivity contribution in [2.45, 2.75) is 32.2 Å². The van der Waals surface area contributed by atoms with Crippen LogP contribution < -0.4 is 5.32 Å². The van der Waals surface area contributed by atoms with Gasteiger partial charge in [0.1, 0.15) is 0 Å². The maximum atomic E-state index is 12.2. The van der Waals surface area contributed by atoms with Crippen molar-refractivity contribution in [1.29, 1.82) is 0 Å². The predicted molar refractivity (Wildman–Crippen MR) is 82.4 cm³/mol. The van der Waals surface area contributed by atoms with Crippen LogP contribution in [0.4, 0.5) is 5.82 Å². The normalized spacial score (nSPS) is 22.2. The fraction of sp³-hybridized carbons (Fsp3) is 0.667. The van der Waals surface area contributed by atoms with Gasteiger partial charge in [-0.25, -0.2) is 0 Å². The fourth-order valence-electron chi connectivity index (χ4n) is 3.22. The molecule has 2 fully saturated rings. The standard InChI is InChI=1S/C15H23N5O2/c1-12(21)16-14-5-9-20(17-14)13-4-8-18(10-13)11-15(22)19-6-2-3-7-19/h5,9,13H,2-4,6-8,10-11H2,1H3,(H,16,17,21). The highest BCUT2D eigenvalue weighted by molar-refractivity contribution is 5.87. The van der Waals surface area contributed by atoms with E-state index in [-0.39, 0.29) is 17.9 Å². The van der Waals surface area contributed by atoms with Crippen LogP contribution in [0.25, 0.3) is 0 Å². The summed E-state index contributed by atoms with van der Waals surface area (Å²) < 4.78 is 1.89. The van der Waals surface area contributed by atoms with Gasteiger partial charge < -0.3 is 10.2 Å². The first-order chi connectivity index (χ1) is 10.6. The number of carbonyl (C=O) groups excluding carboxylic acids is 2. The van der Waals surface area contributed by atoms with Crippen molar-refractivity contribution in [3.63, 3.8) is 0 Å². The Bertz CT molecular complexity index is 550. The van der Waals surface area contributed by atoms with Crippen LogP contribution in [-0.2, 0) is 9.59 Å². The van der Waals surface area contributed by atoms with Crippen LogP contribution >= 0.6 is 0 Å². The van der Waals surface area contributed by atoms with Crippen LogP contribution in [-0.4, -0.2) is 64.1 Å². The molecular weight excluding hydrogens is 282 g/mol. The van der Waals surface area contributed by atoms with Gasteiger partial charge in [-0.05, 0) is 19.3 Å². The molecule has 0 aromatic carbocycles. The van der Waals surface area contributed by atoms with E-state index in [9.17, 15) is 9.59 Å². The molecule has 1 N–H and O–H groups in total. The number of likely N-dealkylation sites (tertiary alicyclic amines) is 2. The first kappa shape index (κ1) is 15.0. The third kappa shape index (κ3) is 3.47. The lowest BCUT2D eigenvalue weighted by atomic mass is 10.3. The average molecular weight is 305 g/mol. The Kier molecular flexibility index (Phi) is 4.42. The maximum absolute atomic E-state index is 12.2. The molecule has 7 heteroatoms. The van der Waals surface area contributed by atoms with Gasteiger partial charge >= 0.3 is 0 Å². The highest BCUT2D eigenvalue weighted by Crippen LogP contribution is 2.22. The van der Waals surface area contributed by atoms with E-state index in [0.29, 0.717) is 12.4 Å². The summed E-state index contributed by atoms with van der Waals surface area (Å²) in [6.45, 7) is 5.56. The Morgan fingerprint density at radius 2 is 2.09 bits per heavy atom. The highest BCUT2D eigenvalue weighted by Gasteiger charge is 2.28. The Labute approximate surface area is 130 Å². The zero-order chi connectivity index (χ0) is 15.5. The second-order valence-electron chi connectivity index (χ2n) is 6.13. The van der Waals surface area contributed by atoms with E-state index in [1.807, 2.05) is 15.8 Å². The van der Waals surface area contributed by atoms with Crippen molar-refractivity contribution in [3.05, 3.63) is 12.3 Å². The number of rotatable bonds is 4. The molecule has 3 heterocycles. The molecule has 22 heavy (non-hydrogen) atoms. The van der Waals surface area contributed by atoms with Gasteiger partial charge in [0, 0.05) is 45.4 Å². The number of amides is 2. The number of carbonyl (C=O) groups is 2. The van der Waals surface area contributed by atoms with Crippen LogP contribution in [0.15, 0.2) is 12.3 Å². The van der Waals surface area contributed by atoms with Crippen LogP contribution in [0.3, 0.4) is 0 Å². The van der Waals surface area contributed by atoms with E-state index in [0.717, 1.165) is 45.4 Å². The summed E-state index contributed by atoms with van der Waals surface area (Å²) in [6.07, 6.45) is 5.14. The number of nitrogens with zero attached hydrogens (tertiary/aromatic N) is 4. The fourth-order valence-corrected chi connectivity index (χ4v) is 3.22. The summed E-state index contributed by atoms with van der Waals surface area (Å²) >= 11 is 0. The van der Waals surface area contributed by atoms with Gasteiger partial charge in [0.05, 0.1) is 12.6 Å². The molecule has 0 aliphatic carbocycles. The molecule has 7 nitrogen and oxygen atoms in total. The van der Waals surface area contributed by atoms with E-state index in [4.69, 9.17) is 0 Å². The molecule has 0 bridgehead atoms. The van der Waals surface area contributed by atoms with Crippen LogP contribution in [0.5, 0.6) is 0 Å². The second kappa shape index (κ2) is 6.48. The quantitative estimate of drug-likeness (QED) is 0.889. The summed E-state index contributed by atoms with van der Waals surface area (Å²) in [5, 5.41) is 7.07. The molecule has 1 aromatic rings. The number of anilines is 1. The molecule has 1 unspecified atom stereocenters. The maximum Gasteiger partial charge on any atom is 0.236 e. The highest BCUT2D eigenvalue weighted by atomic mass is 16.2. The molecule has 2 amide bonds. The lowest BCUT2D eigenvalue weighted by molar-refractivity contribution is -0.131. The molecule has 120 valence electrons. The smallest absolute Gasteiger partial charge is 0.236 e. The SMILES string of the molecule is CC(=O)Nc1ccn(C2CCN(CC(=O)N3CCCC3)C2)n1. The number of hydrogen-bond acceptors (Lipinski definition) is 4. The van der Waals surface area contributed by atoms with Gasteiger partial charge in [-0.15, -0.1) is 0 Å². The van der Waals surface area contributed by atoms with Crippen molar-refractivity contribution in [1.82, 2.24) is 19.6 Å². The molecule has 0 spiro atoms. The first-order valence-corrected chi connectivity index (χ1v) is 7.95. The zero-order valence-electron chi connectivity index (χ0n) is 13.0. The van der Waals surface area contributed by atoms with Crippen molar-refractivity contribution < 1.29 is 9.59 Å². The molecule has 2 aliphatic heterocycles. The largest absolute Gasteiger partial charge is 0.342 e. The Hall–Kier alpha value is -1.89. The molecule has 3 rings (SSSR count). The number of hydrogen-bond donors (Lipinski definition) is 1. The van der Waals surface area contributed by atoms with Gasteiger partial charge in [0.25, 0.3) is 0 Å². The average Bonchev–Trinajstić information content (AvgIpc) is 3.18. The lowest BCUT2D eigenvalue weighted by Crippen LogP contribution is -2.38. The minimum absolute atomic E-state index is 0.116. The third-order valence-electron chi connectivity index (χ3n) is 4.35. The minimum Gasteiger partial charge on any atom is -0.342 e. The van der Waals surface area contributed by atoms with Crippen molar-refractivity contribution in [2.24, 2.45) is 0 Å². The van der Waals surface area contributed by atoms with Gasteiger partial charge in [0.15, 0.2) is 5.82 Å². The Morgan fingerprint density at radius 3 is 2.82 bits per heavy atom. The molecule has 1 atom stereocenters. The molecule has 2 saturated heterocycles. The van der Waals surface area contributed by atoms with Crippen LogP contribution in [0, 0.1) is 0 Å². The summed E-state index contributed by atoms with van der Waals surface area (Å²) in [5.74, 6) is 0.714. The summed E-state index contributed by atoms with van der Waals surface area (Å²) in [5.41, 5.74) is 0. The van der Waals surface area contributed by atoms with Gasteiger partial charge in [-0.3, -0.25) is 19.2 Å². The van der Waals surface area contributed by atoms with E-state index in [2.05, 4.69) is 15.3 Å². The van der Waals surface area contributed by atoms with Gasteiger partial charge in [-0.1, -0.05) is 0 Å². The predicted octanol–water partition coefficient (Wildman–Crippen LogP) is 0.711. The minimum atomic E-state index is -0.116. The second-order valence-corrected chi connectivity index (χ2v) is 6.13. The molecule has 2 aliphatic rings. The topological polar surface area (TPSA) is 70.5 Å². The molecular formula is C15H23N5O2. The lowest BCUT2D eigenvalue weighted by Gasteiger charge is -2.20. The van der Waals surface area contributed by atoms with Gasteiger partial charge in [0.2, 0.25) is 11.8 Å². The van der Waals surface area contributed by atoms with Gasteiger partial charge in [-0.2, -0.15) is 5.10 Å². The number of aromatic nitrogens is 2. The molecule has 1 aromatic heterocycles. The van der Waals surface area contributed by atoms with E-state index in [1.54, 1.807) is 6.07 Å². The van der Waals surface area contributed by atoms with Crippen LogP contribution in [0.2, 0.25) is 0 Å². The molecule has 0 saturated carbocycles. The third-order valence-corrected chi connectivity index (χ3v) is 4.35. The van der Waals surface area contributed by atoms with Crippen LogP contribution in [0.1, 0.15) is 32.2 Å². The monoisotopic (exact) mass is 305 g/mol. The van der Waals surface area contributed by atoms with E-state index >= 15 is 0 Å². The summed E-state index contributed by atoms with van der Waals surface area (Å²) in [6, 6.07) is 2.08. The molecule has 0 radical (unpaired) electrons. The van der Waals surface area contributed by atoms with E-state index in [1.165, 1.54) is 6.92 Å².